The van der Waals surface area contributed by atoms with E-state index in [0.717, 1.165) is 17.7 Å². The molecule has 2 rings (SSSR count). The maximum absolute atomic E-state index is 12.8. The van der Waals surface area contributed by atoms with E-state index in [1.165, 1.54) is 12.1 Å². The molecule has 0 radical (unpaired) electrons. The standard InChI is InChI=1S/C22H30FNO4/c1-17(2)24-15-20(25)16-28-22-9-7-21(8-10-22)27-14-13-26-12-11-18-3-5-19(23)6-4-18/h3-10,17,20,24-25H,11-16H2,1-2H3/t20-/m1/s1. The van der Waals surface area contributed by atoms with Crippen LogP contribution in [0.2, 0.25) is 0 Å². The average Bonchev–Trinajstić information content (AvgIpc) is 2.69. The molecule has 5 nitrogen and oxygen atoms in total. The van der Waals surface area contributed by atoms with E-state index >= 15 is 0 Å². The Kier molecular flexibility index (Phi) is 9.76. The van der Waals surface area contributed by atoms with Gasteiger partial charge in [0, 0.05) is 12.6 Å². The third-order valence-corrected chi connectivity index (χ3v) is 3.97. The molecule has 0 aromatic heterocycles. The lowest BCUT2D eigenvalue weighted by atomic mass is 10.2. The van der Waals surface area contributed by atoms with Crippen molar-refractivity contribution in [2.45, 2.75) is 32.4 Å². The molecular weight excluding hydrogens is 361 g/mol. The smallest absolute Gasteiger partial charge is 0.123 e. The van der Waals surface area contributed by atoms with Gasteiger partial charge < -0.3 is 24.6 Å². The second-order valence-corrected chi connectivity index (χ2v) is 6.84. The molecule has 0 amide bonds. The van der Waals surface area contributed by atoms with Crippen LogP contribution in [-0.2, 0) is 11.2 Å². The number of halogens is 1. The molecule has 0 unspecified atom stereocenters. The van der Waals surface area contributed by atoms with Gasteiger partial charge in [-0.25, -0.2) is 4.39 Å². The van der Waals surface area contributed by atoms with Crippen LogP contribution in [0.4, 0.5) is 4.39 Å². The fourth-order valence-corrected chi connectivity index (χ4v) is 2.42. The van der Waals surface area contributed by atoms with Crippen molar-refractivity contribution < 1.29 is 23.7 Å². The highest BCUT2D eigenvalue weighted by Gasteiger charge is 2.06. The lowest BCUT2D eigenvalue weighted by Gasteiger charge is -2.15. The van der Waals surface area contributed by atoms with E-state index in [-0.39, 0.29) is 12.4 Å². The Bertz CT molecular complexity index is 661. The highest BCUT2D eigenvalue weighted by Crippen LogP contribution is 2.17. The number of rotatable bonds is 13. The normalized spacial score (nSPS) is 12.2. The van der Waals surface area contributed by atoms with Crippen molar-refractivity contribution >= 4 is 0 Å². The molecule has 2 aromatic carbocycles. The topological polar surface area (TPSA) is 60.0 Å². The van der Waals surface area contributed by atoms with Crippen LogP contribution in [0, 0.1) is 5.82 Å². The number of aliphatic hydroxyl groups is 1. The van der Waals surface area contributed by atoms with Crippen LogP contribution in [0.5, 0.6) is 11.5 Å². The number of hydrogen-bond acceptors (Lipinski definition) is 5. The zero-order valence-corrected chi connectivity index (χ0v) is 16.6. The molecule has 0 saturated carbocycles. The second kappa shape index (κ2) is 12.3. The van der Waals surface area contributed by atoms with Crippen LogP contribution >= 0.6 is 0 Å². The van der Waals surface area contributed by atoms with Crippen LogP contribution in [0.15, 0.2) is 48.5 Å². The summed E-state index contributed by atoms with van der Waals surface area (Å²) >= 11 is 0. The van der Waals surface area contributed by atoms with Crippen molar-refractivity contribution in [3.05, 3.63) is 59.9 Å². The summed E-state index contributed by atoms with van der Waals surface area (Å²) in [7, 11) is 0. The first-order chi connectivity index (χ1) is 13.5. The number of hydrogen-bond donors (Lipinski definition) is 2. The lowest BCUT2D eigenvalue weighted by molar-refractivity contribution is 0.102. The summed E-state index contributed by atoms with van der Waals surface area (Å²) in [6.45, 7) is 6.29. The maximum Gasteiger partial charge on any atom is 0.123 e. The number of benzene rings is 2. The van der Waals surface area contributed by atoms with Gasteiger partial charge in [0.1, 0.15) is 36.6 Å². The van der Waals surface area contributed by atoms with Gasteiger partial charge in [-0.1, -0.05) is 26.0 Å². The van der Waals surface area contributed by atoms with Crippen molar-refractivity contribution in [3.8, 4) is 11.5 Å². The molecule has 0 aliphatic carbocycles. The summed E-state index contributed by atoms with van der Waals surface area (Å²) in [6, 6.07) is 14.0. The van der Waals surface area contributed by atoms with Gasteiger partial charge in [-0.15, -0.1) is 0 Å². The fourth-order valence-electron chi connectivity index (χ4n) is 2.42. The molecule has 0 aliphatic rings. The Labute approximate surface area is 166 Å². The van der Waals surface area contributed by atoms with Crippen molar-refractivity contribution in [1.82, 2.24) is 5.32 Å². The van der Waals surface area contributed by atoms with Gasteiger partial charge in [0.2, 0.25) is 0 Å². The maximum atomic E-state index is 12.8. The van der Waals surface area contributed by atoms with Gasteiger partial charge in [-0.3, -0.25) is 0 Å². The van der Waals surface area contributed by atoms with Crippen molar-refractivity contribution in [2.24, 2.45) is 0 Å². The monoisotopic (exact) mass is 391 g/mol. The quantitative estimate of drug-likeness (QED) is 0.514. The molecule has 154 valence electrons. The molecule has 6 heteroatoms. The number of nitrogens with one attached hydrogen (secondary N) is 1. The molecule has 1 atom stereocenters. The van der Waals surface area contributed by atoms with Crippen LogP contribution < -0.4 is 14.8 Å². The summed E-state index contributed by atoms with van der Waals surface area (Å²) in [4.78, 5) is 0. The highest BCUT2D eigenvalue weighted by atomic mass is 19.1. The van der Waals surface area contributed by atoms with Crippen LogP contribution in [0.3, 0.4) is 0 Å². The zero-order chi connectivity index (χ0) is 20.2. The Morgan fingerprint density at radius 1 is 0.893 bits per heavy atom. The summed E-state index contributed by atoms with van der Waals surface area (Å²) in [6.07, 6.45) is 0.190. The molecule has 0 bridgehead atoms. The predicted molar refractivity (Wildman–Crippen MR) is 108 cm³/mol. The van der Waals surface area contributed by atoms with Gasteiger partial charge in [0.25, 0.3) is 0 Å². The van der Waals surface area contributed by atoms with E-state index < -0.39 is 6.10 Å². The minimum Gasteiger partial charge on any atom is -0.491 e. The molecule has 2 N–H and O–H groups in total. The van der Waals surface area contributed by atoms with Crippen molar-refractivity contribution in [1.29, 1.82) is 0 Å². The van der Waals surface area contributed by atoms with Gasteiger partial charge in [0.05, 0.1) is 13.2 Å². The predicted octanol–water partition coefficient (Wildman–Crippen LogP) is 3.20. The Hall–Kier alpha value is -2.15. The highest BCUT2D eigenvalue weighted by molar-refractivity contribution is 5.31. The minimum atomic E-state index is -0.551. The van der Waals surface area contributed by atoms with E-state index in [4.69, 9.17) is 14.2 Å². The Morgan fingerprint density at radius 3 is 2.18 bits per heavy atom. The van der Waals surface area contributed by atoms with E-state index in [2.05, 4.69) is 5.32 Å². The van der Waals surface area contributed by atoms with Gasteiger partial charge in [0.15, 0.2) is 0 Å². The summed E-state index contributed by atoms with van der Waals surface area (Å²) < 4.78 is 29.6. The van der Waals surface area contributed by atoms with Gasteiger partial charge >= 0.3 is 0 Å². The first kappa shape index (κ1) is 22.1. The lowest BCUT2D eigenvalue weighted by Crippen LogP contribution is -2.35. The molecule has 0 heterocycles. The van der Waals surface area contributed by atoms with E-state index in [9.17, 15) is 9.50 Å². The first-order valence-electron chi connectivity index (χ1n) is 9.62. The van der Waals surface area contributed by atoms with E-state index in [1.807, 2.05) is 38.1 Å². The summed E-state index contributed by atoms with van der Waals surface area (Å²) in [5, 5.41) is 13.0. The molecule has 0 spiro atoms. The SMILES string of the molecule is CC(C)NC[C@@H](O)COc1ccc(OCCOCCc2ccc(F)cc2)cc1. The van der Waals surface area contributed by atoms with Gasteiger partial charge in [-0.05, 0) is 48.4 Å². The summed E-state index contributed by atoms with van der Waals surface area (Å²) in [5.41, 5.74) is 1.04. The first-order valence-corrected chi connectivity index (χ1v) is 9.62. The molecule has 2 aromatic rings. The molecule has 0 fully saturated rings. The number of aliphatic hydroxyl groups excluding tert-OH is 1. The molecule has 28 heavy (non-hydrogen) atoms. The largest absolute Gasteiger partial charge is 0.491 e. The van der Waals surface area contributed by atoms with Crippen molar-refractivity contribution in [2.75, 3.05) is 33.0 Å². The fraction of sp³-hybridized carbons (Fsp3) is 0.455. The zero-order valence-electron chi connectivity index (χ0n) is 16.6. The van der Waals surface area contributed by atoms with Crippen molar-refractivity contribution in [3.63, 3.8) is 0 Å². The second-order valence-electron chi connectivity index (χ2n) is 6.84. The Morgan fingerprint density at radius 2 is 1.54 bits per heavy atom. The number of ether oxygens (including phenoxy) is 3. The Balaban J connectivity index is 1.56. The third-order valence-electron chi connectivity index (χ3n) is 3.97. The third kappa shape index (κ3) is 9.17. The van der Waals surface area contributed by atoms with E-state index in [0.29, 0.717) is 38.2 Å². The molecule has 0 saturated heterocycles. The summed E-state index contributed by atoms with van der Waals surface area (Å²) in [5.74, 6) is 1.19. The molecule has 0 aliphatic heterocycles. The van der Waals surface area contributed by atoms with Gasteiger partial charge in [-0.2, -0.15) is 0 Å². The van der Waals surface area contributed by atoms with E-state index in [1.54, 1.807) is 12.1 Å². The van der Waals surface area contributed by atoms with Crippen LogP contribution in [-0.4, -0.2) is 50.2 Å². The molecular formula is C22H30FNO4. The van der Waals surface area contributed by atoms with Crippen LogP contribution in [0.1, 0.15) is 19.4 Å². The average molecular weight is 391 g/mol. The van der Waals surface area contributed by atoms with Crippen LogP contribution in [0.25, 0.3) is 0 Å². The minimum absolute atomic E-state index is 0.228.